The molecule has 0 saturated heterocycles. The van der Waals surface area contributed by atoms with E-state index in [0.717, 1.165) is 4.88 Å². The highest BCUT2D eigenvalue weighted by Crippen LogP contribution is 2.14. The molecule has 0 fully saturated rings. The molecule has 0 bridgehead atoms. The van der Waals surface area contributed by atoms with Crippen molar-refractivity contribution in [1.29, 1.82) is 0 Å². The molecular weight excluding hydrogens is 214 g/mol. The first-order valence-corrected chi connectivity index (χ1v) is 5.47. The zero-order valence-electron chi connectivity index (χ0n) is 8.40. The number of carboxylic acids is 1. The first kappa shape index (κ1) is 11.7. The number of nitrogens with one attached hydrogen (secondary N) is 1. The summed E-state index contributed by atoms with van der Waals surface area (Å²) >= 11 is 1.53. The molecule has 4 nitrogen and oxygen atoms in total. The fourth-order valence-electron chi connectivity index (χ4n) is 1.19. The number of hydrogen-bond donors (Lipinski definition) is 2. The van der Waals surface area contributed by atoms with E-state index in [4.69, 9.17) is 5.11 Å². The molecule has 0 radical (unpaired) electrons. The summed E-state index contributed by atoms with van der Waals surface area (Å²) in [5.74, 6) is -1.63. The van der Waals surface area contributed by atoms with Crippen LogP contribution in [0.15, 0.2) is 17.5 Å². The summed E-state index contributed by atoms with van der Waals surface area (Å²) in [5.41, 5.74) is 0. The maximum absolute atomic E-state index is 10.9. The quantitative estimate of drug-likeness (QED) is 0.792. The number of amides is 1. The molecule has 1 amide bonds. The topological polar surface area (TPSA) is 66.4 Å². The van der Waals surface area contributed by atoms with Crippen LogP contribution in [0.5, 0.6) is 0 Å². The zero-order valence-corrected chi connectivity index (χ0v) is 9.21. The van der Waals surface area contributed by atoms with E-state index < -0.39 is 11.9 Å². The number of carbonyl (C=O) groups excluding carboxylic acids is 1. The fourth-order valence-corrected chi connectivity index (χ4v) is 1.97. The van der Waals surface area contributed by atoms with Crippen LogP contribution in [0, 0.1) is 5.92 Å². The summed E-state index contributed by atoms with van der Waals surface area (Å²) in [4.78, 5) is 22.6. The lowest BCUT2D eigenvalue weighted by atomic mass is 10.1. The second kappa shape index (κ2) is 5.50. The maximum atomic E-state index is 10.9. The largest absolute Gasteiger partial charge is 0.481 e. The number of thiophene rings is 1. The third-order valence-electron chi connectivity index (χ3n) is 1.97. The lowest BCUT2D eigenvalue weighted by Crippen LogP contribution is -2.32. The average molecular weight is 227 g/mol. The molecule has 1 atom stereocenters. The van der Waals surface area contributed by atoms with Gasteiger partial charge in [-0.05, 0) is 17.9 Å². The summed E-state index contributed by atoms with van der Waals surface area (Å²) in [6, 6.07) is 3.78. The van der Waals surface area contributed by atoms with Crippen LogP contribution in [-0.4, -0.2) is 23.5 Å². The Bertz CT molecular complexity index is 334. The minimum Gasteiger partial charge on any atom is -0.481 e. The molecule has 0 aliphatic carbocycles. The van der Waals surface area contributed by atoms with Crippen molar-refractivity contribution >= 4 is 23.2 Å². The molecule has 1 aromatic rings. The minimum absolute atomic E-state index is 0.183. The van der Waals surface area contributed by atoms with Gasteiger partial charge >= 0.3 is 5.97 Å². The van der Waals surface area contributed by atoms with Crippen LogP contribution in [0.1, 0.15) is 11.8 Å². The molecule has 0 aromatic carbocycles. The van der Waals surface area contributed by atoms with Crippen molar-refractivity contribution in [2.24, 2.45) is 5.92 Å². The maximum Gasteiger partial charge on any atom is 0.308 e. The Morgan fingerprint density at radius 3 is 2.80 bits per heavy atom. The van der Waals surface area contributed by atoms with Crippen LogP contribution in [0.3, 0.4) is 0 Å². The van der Waals surface area contributed by atoms with E-state index >= 15 is 0 Å². The Hall–Kier alpha value is -1.36. The van der Waals surface area contributed by atoms with Crippen molar-refractivity contribution in [1.82, 2.24) is 5.32 Å². The molecule has 0 saturated carbocycles. The summed E-state index contributed by atoms with van der Waals surface area (Å²) in [6.45, 7) is 1.56. The number of carbonyl (C=O) groups is 2. The van der Waals surface area contributed by atoms with Gasteiger partial charge in [-0.25, -0.2) is 0 Å². The minimum atomic E-state index is -0.878. The van der Waals surface area contributed by atoms with E-state index in [0.29, 0.717) is 6.42 Å². The smallest absolute Gasteiger partial charge is 0.308 e. The Kier molecular flexibility index (Phi) is 4.30. The van der Waals surface area contributed by atoms with Gasteiger partial charge in [0.15, 0.2) is 0 Å². The molecule has 82 valence electrons. The van der Waals surface area contributed by atoms with E-state index in [1.807, 2.05) is 17.5 Å². The molecule has 1 aromatic heterocycles. The summed E-state index contributed by atoms with van der Waals surface area (Å²) in [7, 11) is 0. The van der Waals surface area contributed by atoms with Crippen LogP contribution in [0.4, 0.5) is 0 Å². The van der Waals surface area contributed by atoms with Crippen molar-refractivity contribution in [3.63, 3.8) is 0 Å². The van der Waals surface area contributed by atoms with Gasteiger partial charge in [0.1, 0.15) is 0 Å². The van der Waals surface area contributed by atoms with Crippen molar-refractivity contribution in [3.05, 3.63) is 22.4 Å². The van der Waals surface area contributed by atoms with Crippen LogP contribution < -0.4 is 5.32 Å². The molecule has 0 aliphatic rings. The molecular formula is C10H13NO3S. The monoisotopic (exact) mass is 227 g/mol. The molecule has 15 heavy (non-hydrogen) atoms. The van der Waals surface area contributed by atoms with Crippen molar-refractivity contribution < 1.29 is 14.7 Å². The van der Waals surface area contributed by atoms with Crippen LogP contribution in [0.2, 0.25) is 0 Å². The normalized spacial score (nSPS) is 12.1. The van der Waals surface area contributed by atoms with E-state index in [-0.39, 0.29) is 12.5 Å². The van der Waals surface area contributed by atoms with Crippen LogP contribution >= 0.6 is 11.3 Å². The first-order valence-electron chi connectivity index (χ1n) is 4.59. The fraction of sp³-hybridized carbons (Fsp3) is 0.400. The molecule has 1 heterocycles. The SMILES string of the molecule is CC(=O)NCC(Cc1cccs1)C(=O)O. The van der Waals surface area contributed by atoms with Crippen LogP contribution in [0.25, 0.3) is 0 Å². The molecule has 5 heteroatoms. The highest BCUT2D eigenvalue weighted by Gasteiger charge is 2.18. The summed E-state index contributed by atoms with van der Waals surface area (Å²) in [5, 5.41) is 13.4. The summed E-state index contributed by atoms with van der Waals surface area (Å²) in [6.07, 6.45) is 0.466. The van der Waals surface area contributed by atoms with Gasteiger partial charge in [-0.2, -0.15) is 0 Å². The van der Waals surface area contributed by atoms with Crippen molar-refractivity contribution in [2.75, 3.05) is 6.54 Å². The predicted molar refractivity (Wildman–Crippen MR) is 57.8 cm³/mol. The van der Waals surface area contributed by atoms with Gasteiger partial charge in [0, 0.05) is 18.3 Å². The second-order valence-corrected chi connectivity index (χ2v) is 4.29. The summed E-state index contributed by atoms with van der Waals surface area (Å²) < 4.78 is 0. The van der Waals surface area contributed by atoms with Crippen LogP contribution in [-0.2, 0) is 16.0 Å². The molecule has 1 unspecified atom stereocenters. The molecule has 0 spiro atoms. The molecule has 0 aliphatic heterocycles. The van der Waals surface area contributed by atoms with E-state index in [2.05, 4.69) is 5.32 Å². The van der Waals surface area contributed by atoms with Crippen molar-refractivity contribution in [2.45, 2.75) is 13.3 Å². The predicted octanol–water partition coefficient (Wildman–Crippen LogP) is 1.13. The number of carboxylic acid groups (broad SMARTS) is 1. The van der Waals surface area contributed by atoms with Gasteiger partial charge in [0.2, 0.25) is 5.91 Å². The Labute approximate surface area is 91.9 Å². The molecule has 1 rings (SSSR count). The van der Waals surface area contributed by atoms with Gasteiger partial charge < -0.3 is 10.4 Å². The van der Waals surface area contributed by atoms with Gasteiger partial charge in [0.05, 0.1) is 5.92 Å². The number of rotatable bonds is 5. The standard InChI is InChI=1S/C10H13NO3S/c1-7(12)11-6-8(10(13)14)5-9-3-2-4-15-9/h2-4,8H,5-6H2,1H3,(H,11,12)(H,13,14). The van der Waals surface area contributed by atoms with Gasteiger partial charge in [-0.3, -0.25) is 9.59 Å². The van der Waals surface area contributed by atoms with E-state index in [1.165, 1.54) is 18.3 Å². The lowest BCUT2D eigenvalue weighted by molar-refractivity contribution is -0.141. The Balaban J connectivity index is 2.51. The third-order valence-corrected chi connectivity index (χ3v) is 2.87. The second-order valence-electron chi connectivity index (χ2n) is 3.26. The Morgan fingerprint density at radius 1 is 1.60 bits per heavy atom. The zero-order chi connectivity index (χ0) is 11.3. The van der Waals surface area contributed by atoms with E-state index in [9.17, 15) is 9.59 Å². The van der Waals surface area contributed by atoms with E-state index in [1.54, 1.807) is 0 Å². The van der Waals surface area contributed by atoms with Crippen molar-refractivity contribution in [3.8, 4) is 0 Å². The lowest BCUT2D eigenvalue weighted by Gasteiger charge is -2.11. The first-order chi connectivity index (χ1) is 7.09. The Morgan fingerprint density at radius 2 is 2.33 bits per heavy atom. The van der Waals surface area contributed by atoms with Gasteiger partial charge in [-0.15, -0.1) is 11.3 Å². The third kappa shape index (κ3) is 4.12. The number of aliphatic carboxylic acids is 1. The number of hydrogen-bond acceptors (Lipinski definition) is 3. The highest BCUT2D eigenvalue weighted by atomic mass is 32.1. The molecule has 2 N–H and O–H groups in total. The van der Waals surface area contributed by atoms with Gasteiger partial charge in [-0.1, -0.05) is 6.07 Å². The average Bonchev–Trinajstić information content (AvgIpc) is 2.63. The highest BCUT2D eigenvalue weighted by molar-refractivity contribution is 7.09. The van der Waals surface area contributed by atoms with Gasteiger partial charge in [0.25, 0.3) is 0 Å².